The molecule has 3 saturated heterocycles. The highest BCUT2D eigenvalue weighted by atomic mass is 16.2. The maximum atomic E-state index is 13.4. The van der Waals surface area contributed by atoms with Crippen LogP contribution in [0.5, 0.6) is 0 Å². The van der Waals surface area contributed by atoms with E-state index in [2.05, 4.69) is 84.2 Å². The first-order valence-corrected chi connectivity index (χ1v) is 20.5. The number of hydrogen-bond acceptors (Lipinski definition) is 15. The van der Waals surface area contributed by atoms with Gasteiger partial charge in [0.25, 0.3) is 0 Å². The van der Waals surface area contributed by atoms with Crippen LogP contribution in [0.3, 0.4) is 0 Å². The lowest BCUT2D eigenvalue weighted by Crippen LogP contribution is -2.48. The molecule has 312 valence electrons. The first-order chi connectivity index (χ1) is 29.0. The van der Waals surface area contributed by atoms with Crippen molar-refractivity contribution in [3.05, 3.63) is 70.3 Å². The Morgan fingerprint density at radius 3 is 1.90 bits per heavy atom. The standard InChI is InChI=1S/C43H53N15O2/c1-27-35(10-6-30-8-12-37(44)47-23-30)39(54-42(45)50-27)57-21-16-33(17-22-57)53-41(60)32-14-19-56(20-15-32)26-49-38-13-9-31(24-48-38)7-11-36-28(2)51-43(46)55-40(36)58-18-4-5-34(25-58)52-29(3)59/h8-9,12-13,23-24,32-34H,4-5,14-22,25-26H2,1-3H3,(H2,44,47)(H,48,49)(H,52,59)(H,53,60)(H2,45,50,54)(H2,46,51,55). The third kappa shape index (κ3) is 10.7. The van der Waals surface area contributed by atoms with E-state index < -0.39 is 0 Å². The second-order valence-electron chi connectivity index (χ2n) is 15.6. The molecule has 0 saturated carbocycles. The molecule has 0 spiro atoms. The second kappa shape index (κ2) is 18.9. The van der Waals surface area contributed by atoms with Crippen molar-refractivity contribution in [1.29, 1.82) is 0 Å². The molecule has 7 heterocycles. The fourth-order valence-electron chi connectivity index (χ4n) is 7.90. The minimum atomic E-state index is -0.0468. The average Bonchev–Trinajstić information content (AvgIpc) is 3.23. The summed E-state index contributed by atoms with van der Waals surface area (Å²) in [6, 6.07) is 7.52. The number of aryl methyl sites for hydroxylation is 2. The molecule has 3 aliphatic heterocycles. The number of nitrogens with two attached hydrogens (primary N) is 3. The molecule has 0 aliphatic carbocycles. The summed E-state index contributed by atoms with van der Waals surface area (Å²) < 4.78 is 0. The molecule has 17 nitrogen and oxygen atoms in total. The van der Waals surface area contributed by atoms with E-state index in [-0.39, 0.29) is 41.7 Å². The Labute approximate surface area is 350 Å². The van der Waals surface area contributed by atoms with Gasteiger partial charge in [-0.15, -0.1) is 0 Å². The zero-order valence-corrected chi connectivity index (χ0v) is 34.5. The molecule has 0 aromatic carbocycles. The van der Waals surface area contributed by atoms with Gasteiger partial charge in [-0.2, -0.15) is 9.97 Å². The number of nitrogen functional groups attached to an aromatic ring is 3. The molecule has 17 heteroatoms. The van der Waals surface area contributed by atoms with Crippen LogP contribution in [-0.4, -0.2) is 105 Å². The molecule has 0 bridgehead atoms. The van der Waals surface area contributed by atoms with E-state index in [1.807, 2.05) is 32.0 Å². The van der Waals surface area contributed by atoms with Gasteiger partial charge in [0.2, 0.25) is 23.7 Å². The Morgan fingerprint density at radius 1 is 0.700 bits per heavy atom. The number of pyridine rings is 2. The zero-order valence-electron chi connectivity index (χ0n) is 34.5. The number of carbonyl (C=O) groups excluding carboxylic acids is 2. The van der Waals surface area contributed by atoms with Crippen LogP contribution in [0.1, 0.15) is 79.1 Å². The van der Waals surface area contributed by atoms with Crippen LogP contribution in [0.25, 0.3) is 0 Å². The first kappa shape index (κ1) is 41.4. The molecule has 4 aromatic rings. The molecule has 0 radical (unpaired) electrons. The van der Waals surface area contributed by atoms with Crippen molar-refractivity contribution in [2.45, 2.75) is 71.4 Å². The van der Waals surface area contributed by atoms with Crippen molar-refractivity contribution in [1.82, 2.24) is 45.4 Å². The summed E-state index contributed by atoms with van der Waals surface area (Å²) in [7, 11) is 0. The van der Waals surface area contributed by atoms with E-state index in [9.17, 15) is 9.59 Å². The smallest absolute Gasteiger partial charge is 0.223 e. The van der Waals surface area contributed by atoms with Gasteiger partial charge in [0.05, 0.1) is 29.2 Å². The normalized spacial score (nSPS) is 17.5. The van der Waals surface area contributed by atoms with Crippen LogP contribution >= 0.6 is 0 Å². The fourth-order valence-corrected chi connectivity index (χ4v) is 7.90. The van der Waals surface area contributed by atoms with Gasteiger partial charge in [0.1, 0.15) is 23.3 Å². The highest BCUT2D eigenvalue weighted by Gasteiger charge is 2.29. The van der Waals surface area contributed by atoms with E-state index in [0.29, 0.717) is 60.7 Å². The zero-order chi connectivity index (χ0) is 42.2. The van der Waals surface area contributed by atoms with Crippen LogP contribution < -0.4 is 43.0 Å². The maximum Gasteiger partial charge on any atom is 0.223 e. The van der Waals surface area contributed by atoms with Crippen LogP contribution in [0.2, 0.25) is 0 Å². The molecule has 4 aromatic heterocycles. The highest BCUT2D eigenvalue weighted by Crippen LogP contribution is 2.27. The molecule has 9 N–H and O–H groups in total. The van der Waals surface area contributed by atoms with Gasteiger partial charge in [0, 0.05) is 87.7 Å². The van der Waals surface area contributed by atoms with Crippen LogP contribution in [-0.2, 0) is 9.59 Å². The summed E-state index contributed by atoms with van der Waals surface area (Å²) in [5.74, 6) is 15.9. The summed E-state index contributed by atoms with van der Waals surface area (Å²) in [4.78, 5) is 58.2. The summed E-state index contributed by atoms with van der Waals surface area (Å²) in [6.07, 6.45) is 8.38. The molecule has 3 fully saturated rings. The Hall–Kier alpha value is -6.72. The number of rotatable bonds is 8. The quantitative estimate of drug-likeness (QED) is 0.140. The van der Waals surface area contributed by atoms with Crippen molar-refractivity contribution in [3.8, 4) is 23.7 Å². The SMILES string of the molecule is CC(=O)NC1CCCN(c2nc(N)nc(C)c2C#Cc2ccc(NCN3CCC(C(=O)NC4CCN(c5nc(N)nc(C)c5C#Cc5ccc(N)nc5)CC4)CC3)nc2)C1. The lowest BCUT2D eigenvalue weighted by atomic mass is 9.95. The van der Waals surface area contributed by atoms with Crippen molar-refractivity contribution in [3.63, 3.8) is 0 Å². The number of hydrogen-bond donors (Lipinski definition) is 6. The minimum absolute atomic E-state index is 0.0200. The van der Waals surface area contributed by atoms with E-state index in [1.54, 1.807) is 18.5 Å². The topological polar surface area (TPSA) is 235 Å². The Morgan fingerprint density at radius 2 is 1.32 bits per heavy atom. The third-order valence-electron chi connectivity index (χ3n) is 11.1. The van der Waals surface area contributed by atoms with Crippen LogP contribution in [0.4, 0.5) is 35.2 Å². The predicted octanol–water partition coefficient (Wildman–Crippen LogP) is 2.19. The third-order valence-corrected chi connectivity index (χ3v) is 11.1. The number of aromatic nitrogens is 6. The lowest BCUT2D eigenvalue weighted by molar-refractivity contribution is -0.127. The van der Waals surface area contributed by atoms with E-state index in [1.165, 1.54) is 6.92 Å². The molecule has 1 atom stereocenters. The Bertz CT molecular complexity index is 2300. The average molecular weight is 812 g/mol. The molecular formula is C43H53N15O2. The van der Waals surface area contributed by atoms with E-state index in [0.717, 1.165) is 80.7 Å². The van der Waals surface area contributed by atoms with Crippen LogP contribution in [0, 0.1) is 43.4 Å². The number of nitrogens with zero attached hydrogens (tertiary/aromatic N) is 9. The van der Waals surface area contributed by atoms with Gasteiger partial charge in [-0.05, 0) is 76.6 Å². The van der Waals surface area contributed by atoms with Crippen molar-refractivity contribution in [2.24, 2.45) is 5.92 Å². The largest absolute Gasteiger partial charge is 0.384 e. The van der Waals surface area contributed by atoms with Crippen LogP contribution in [0.15, 0.2) is 36.7 Å². The fraction of sp³-hybridized carbons (Fsp3) is 0.442. The van der Waals surface area contributed by atoms with Gasteiger partial charge < -0.3 is 43.0 Å². The number of amides is 2. The molecule has 60 heavy (non-hydrogen) atoms. The number of anilines is 6. The number of piperidine rings is 3. The van der Waals surface area contributed by atoms with Gasteiger partial charge in [-0.1, -0.05) is 23.7 Å². The van der Waals surface area contributed by atoms with Gasteiger partial charge >= 0.3 is 0 Å². The number of nitrogens with one attached hydrogen (secondary N) is 3. The monoisotopic (exact) mass is 811 g/mol. The molecule has 3 aliphatic rings. The van der Waals surface area contributed by atoms with Crippen molar-refractivity contribution >= 4 is 47.0 Å². The minimum Gasteiger partial charge on any atom is -0.384 e. The van der Waals surface area contributed by atoms with E-state index in [4.69, 9.17) is 17.2 Å². The molecular weight excluding hydrogens is 759 g/mol. The molecule has 1 unspecified atom stereocenters. The number of carbonyl (C=O) groups is 2. The first-order valence-electron chi connectivity index (χ1n) is 20.5. The van der Waals surface area contributed by atoms with E-state index >= 15 is 0 Å². The Kier molecular flexibility index (Phi) is 13.1. The van der Waals surface area contributed by atoms with Gasteiger partial charge in [-0.3, -0.25) is 14.5 Å². The van der Waals surface area contributed by atoms with Gasteiger partial charge in [-0.25, -0.2) is 19.9 Å². The summed E-state index contributed by atoms with van der Waals surface area (Å²) in [5.41, 5.74) is 22.2. The second-order valence-corrected chi connectivity index (χ2v) is 15.6. The number of likely N-dealkylation sites (tertiary alicyclic amines) is 1. The lowest BCUT2D eigenvalue weighted by Gasteiger charge is -2.36. The van der Waals surface area contributed by atoms with Gasteiger partial charge in [0.15, 0.2) is 0 Å². The summed E-state index contributed by atoms with van der Waals surface area (Å²) in [6.45, 7) is 10.4. The molecule has 2 amide bonds. The highest BCUT2D eigenvalue weighted by molar-refractivity contribution is 5.79. The van der Waals surface area contributed by atoms with Crippen molar-refractivity contribution in [2.75, 3.05) is 78.3 Å². The maximum absolute atomic E-state index is 13.4. The molecule has 7 rings (SSSR count). The summed E-state index contributed by atoms with van der Waals surface area (Å²) in [5, 5.41) is 9.77. The summed E-state index contributed by atoms with van der Waals surface area (Å²) >= 11 is 0. The Balaban J connectivity index is 0.864. The van der Waals surface area contributed by atoms with Crippen molar-refractivity contribution < 1.29 is 9.59 Å². The predicted molar refractivity (Wildman–Crippen MR) is 232 cm³/mol.